The van der Waals surface area contributed by atoms with E-state index in [1.165, 1.54) is 6.92 Å². The lowest BCUT2D eigenvalue weighted by molar-refractivity contribution is -0.132. The fourth-order valence-electron chi connectivity index (χ4n) is 4.61. The van der Waals surface area contributed by atoms with E-state index in [2.05, 4.69) is 5.32 Å². The Hall–Kier alpha value is -3.78. The van der Waals surface area contributed by atoms with Crippen LogP contribution in [0.2, 0.25) is 0 Å². The van der Waals surface area contributed by atoms with Gasteiger partial charge in [-0.05, 0) is 37.3 Å². The van der Waals surface area contributed by atoms with E-state index in [0.717, 1.165) is 44.9 Å². The van der Waals surface area contributed by atoms with Crippen molar-refractivity contribution in [2.75, 3.05) is 6.54 Å². The predicted octanol–water partition coefficient (Wildman–Crippen LogP) is 3.90. The average Bonchev–Trinajstić information content (AvgIpc) is 3.23. The molecule has 1 aliphatic rings. The Morgan fingerprint density at radius 2 is 1.55 bits per heavy atom. The van der Waals surface area contributed by atoms with Crippen LogP contribution in [0.25, 0.3) is 21.8 Å². The molecule has 5 rings (SSSR count). The summed E-state index contributed by atoms with van der Waals surface area (Å²) in [7, 11) is 0. The molecule has 1 aliphatic heterocycles. The van der Waals surface area contributed by atoms with Gasteiger partial charge in [0, 0.05) is 27.4 Å². The maximum atomic E-state index is 14.4. The van der Waals surface area contributed by atoms with Crippen LogP contribution in [0.1, 0.15) is 12.5 Å². The van der Waals surface area contributed by atoms with Crippen molar-refractivity contribution in [2.24, 2.45) is 0 Å². The topological polar surface area (TPSA) is 74.6 Å². The number of para-hydroxylation sites is 2. The number of β-amino-alcohol motifs (C(OH)–C–C–N with tert-alkyl or cyclic N) is 1. The predicted molar refractivity (Wildman–Crippen MR) is 119 cm³/mol. The highest BCUT2D eigenvalue weighted by Gasteiger charge is 2.50. The molecule has 2 atom stereocenters. The first-order chi connectivity index (χ1) is 15.8. The van der Waals surface area contributed by atoms with Crippen molar-refractivity contribution in [2.45, 2.75) is 25.1 Å². The SMILES string of the molecule is CC1(c2cc(F)ccc2F)NC(=O)N(CC(O)Cn2c3ccccc3c3ccccc32)C1=O. The first kappa shape index (κ1) is 21.1. The summed E-state index contributed by atoms with van der Waals surface area (Å²) in [4.78, 5) is 26.5. The zero-order valence-corrected chi connectivity index (χ0v) is 17.8. The third-order valence-corrected chi connectivity index (χ3v) is 6.21. The van der Waals surface area contributed by atoms with Crippen LogP contribution in [-0.4, -0.2) is 39.2 Å². The number of nitrogens with one attached hydrogen (secondary N) is 1. The molecule has 2 N–H and O–H groups in total. The van der Waals surface area contributed by atoms with E-state index in [9.17, 15) is 23.5 Å². The number of aliphatic hydroxyl groups excluding tert-OH is 1. The number of benzene rings is 3. The molecule has 3 amide bonds. The number of fused-ring (bicyclic) bond motifs is 3. The molecule has 6 nitrogen and oxygen atoms in total. The third kappa shape index (κ3) is 3.34. The number of carbonyl (C=O) groups excluding carboxylic acids is 2. The first-order valence-corrected chi connectivity index (χ1v) is 10.5. The van der Waals surface area contributed by atoms with Gasteiger partial charge in [-0.1, -0.05) is 36.4 Å². The van der Waals surface area contributed by atoms with E-state index in [1.807, 2.05) is 53.1 Å². The second kappa shape index (κ2) is 7.67. The molecule has 2 heterocycles. The van der Waals surface area contributed by atoms with Crippen LogP contribution in [0.15, 0.2) is 66.7 Å². The van der Waals surface area contributed by atoms with Crippen molar-refractivity contribution in [3.8, 4) is 0 Å². The minimum atomic E-state index is -1.77. The van der Waals surface area contributed by atoms with Gasteiger partial charge in [0.1, 0.15) is 17.2 Å². The van der Waals surface area contributed by atoms with E-state index >= 15 is 0 Å². The van der Waals surface area contributed by atoms with Gasteiger partial charge in [-0.2, -0.15) is 0 Å². The van der Waals surface area contributed by atoms with Crippen LogP contribution >= 0.6 is 0 Å². The molecule has 168 valence electrons. The summed E-state index contributed by atoms with van der Waals surface area (Å²) in [6.45, 7) is 1.17. The van der Waals surface area contributed by atoms with Crippen molar-refractivity contribution in [1.82, 2.24) is 14.8 Å². The Kier molecular flexibility index (Phi) is 4.90. The molecule has 2 unspecified atom stereocenters. The van der Waals surface area contributed by atoms with E-state index in [4.69, 9.17) is 0 Å². The molecule has 3 aromatic carbocycles. The summed E-state index contributed by atoms with van der Waals surface area (Å²) < 4.78 is 30.0. The smallest absolute Gasteiger partial charge is 0.325 e. The van der Waals surface area contributed by atoms with Gasteiger partial charge < -0.3 is 15.0 Å². The highest BCUT2D eigenvalue weighted by molar-refractivity contribution is 6.08. The van der Waals surface area contributed by atoms with Gasteiger partial charge in [0.25, 0.3) is 5.91 Å². The number of carbonyl (C=O) groups is 2. The van der Waals surface area contributed by atoms with Crippen LogP contribution in [0, 0.1) is 11.6 Å². The van der Waals surface area contributed by atoms with Crippen molar-refractivity contribution in [1.29, 1.82) is 0 Å². The van der Waals surface area contributed by atoms with E-state index < -0.39 is 35.2 Å². The average molecular weight is 449 g/mol. The molecule has 0 saturated carbocycles. The van der Waals surface area contributed by atoms with Crippen molar-refractivity contribution in [3.63, 3.8) is 0 Å². The molecule has 1 saturated heterocycles. The number of nitrogens with zero attached hydrogens (tertiary/aromatic N) is 2. The fraction of sp³-hybridized carbons (Fsp3) is 0.200. The molecule has 0 bridgehead atoms. The monoisotopic (exact) mass is 449 g/mol. The van der Waals surface area contributed by atoms with Crippen LogP contribution in [0.3, 0.4) is 0 Å². The van der Waals surface area contributed by atoms with Gasteiger partial charge in [-0.3, -0.25) is 9.69 Å². The van der Waals surface area contributed by atoms with Gasteiger partial charge >= 0.3 is 6.03 Å². The minimum absolute atomic E-state index is 0.135. The molecule has 8 heteroatoms. The Labute approximate surface area is 188 Å². The second-order valence-corrected chi connectivity index (χ2v) is 8.39. The summed E-state index contributed by atoms with van der Waals surface area (Å²) in [5.41, 5.74) is -0.195. The Morgan fingerprint density at radius 3 is 2.18 bits per heavy atom. The van der Waals surface area contributed by atoms with Crippen LogP contribution < -0.4 is 5.32 Å². The largest absolute Gasteiger partial charge is 0.389 e. The fourth-order valence-corrected chi connectivity index (χ4v) is 4.61. The lowest BCUT2D eigenvalue weighted by atomic mass is 9.91. The van der Waals surface area contributed by atoms with Crippen LogP contribution in [0.4, 0.5) is 13.6 Å². The molecule has 33 heavy (non-hydrogen) atoms. The number of aromatic nitrogens is 1. The third-order valence-electron chi connectivity index (χ3n) is 6.21. The summed E-state index contributed by atoms with van der Waals surface area (Å²) >= 11 is 0. The highest BCUT2D eigenvalue weighted by atomic mass is 19.1. The quantitative estimate of drug-likeness (QED) is 0.454. The molecule has 1 fully saturated rings. The maximum Gasteiger partial charge on any atom is 0.325 e. The molecule has 0 aliphatic carbocycles. The number of rotatable bonds is 5. The van der Waals surface area contributed by atoms with Gasteiger partial charge in [0.15, 0.2) is 0 Å². The van der Waals surface area contributed by atoms with Crippen LogP contribution in [-0.2, 0) is 16.9 Å². The van der Waals surface area contributed by atoms with E-state index in [0.29, 0.717) is 0 Å². The Balaban J connectivity index is 1.43. The van der Waals surface area contributed by atoms with Crippen molar-refractivity contribution < 1.29 is 23.5 Å². The lowest BCUT2D eigenvalue weighted by Crippen LogP contribution is -2.43. The number of hydrogen-bond acceptors (Lipinski definition) is 3. The standard InChI is InChI=1S/C25H21F2N3O3/c1-25(19-12-15(26)10-11-20(19)27)23(32)30(24(33)28-25)14-16(31)13-29-21-8-4-2-6-17(21)18-7-3-5-9-22(18)29/h2-12,16,31H,13-14H2,1H3,(H,28,33). The second-order valence-electron chi connectivity index (χ2n) is 8.39. The molecule has 0 spiro atoms. The number of aliphatic hydroxyl groups is 1. The maximum absolute atomic E-state index is 14.4. The summed E-state index contributed by atoms with van der Waals surface area (Å²) in [5, 5.41) is 15.4. The van der Waals surface area contributed by atoms with Gasteiger partial charge in [0.05, 0.1) is 19.2 Å². The Bertz CT molecular complexity index is 1360. The van der Waals surface area contributed by atoms with Gasteiger partial charge in [-0.25, -0.2) is 13.6 Å². The van der Waals surface area contributed by atoms with E-state index in [-0.39, 0.29) is 18.7 Å². The zero-order valence-electron chi connectivity index (χ0n) is 17.8. The zero-order chi connectivity index (χ0) is 23.3. The molecular formula is C25H21F2N3O3. The number of hydrogen-bond donors (Lipinski definition) is 2. The lowest BCUT2D eigenvalue weighted by Gasteiger charge is -2.24. The molecule has 1 aromatic heterocycles. The Morgan fingerprint density at radius 1 is 0.939 bits per heavy atom. The summed E-state index contributed by atoms with van der Waals surface area (Å²) in [5.74, 6) is -2.28. The minimum Gasteiger partial charge on any atom is -0.389 e. The summed E-state index contributed by atoms with van der Waals surface area (Å²) in [6.07, 6.45) is -1.08. The first-order valence-electron chi connectivity index (χ1n) is 10.5. The number of halogens is 2. The number of amides is 3. The molecule has 4 aromatic rings. The van der Waals surface area contributed by atoms with Crippen molar-refractivity contribution >= 4 is 33.7 Å². The van der Waals surface area contributed by atoms with Gasteiger partial charge in [-0.15, -0.1) is 0 Å². The molecular weight excluding hydrogens is 428 g/mol. The highest BCUT2D eigenvalue weighted by Crippen LogP contribution is 2.32. The normalized spacial score (nSPS) is 19.5. The molecule has 0 radical (unpaired) electrons. The van der Waals surface area contributed by atoms with Gasteiger partial charge in [0.2, 0.25) is 0 Å². The van der Waals surface area contributed by atoms with Crippen molar-refractivity contribution in [3.05, 3.63) is 83.9 Å². The van der Waals surface area contributed by atoms with E-state index in [1.54, 1.807) is 0 Å². The number of imide groups is 1. The summed E-state index contributed by atoms with van der Waals surface area (Å²) in [6, 6.07) is 17.5. The number of urea groups is 1. The van der Waals surface area contributed by atoms with Crippen LogP contribution in [0.5, 0.6) is 0 Å².